The van der Waals surface area contributed by atoms with E-state index in [1.165, 1.54) is 4.90 Å². The highest BCUT2D eigenvalue weighted by Gasteiger charge is 2.44. The Balaban J connectivity index is 0.809. The number of pyridine rings is 1. The monoisotopic (exact) mass is 1010 g/mol. The van der Waals surface area contributed by atoms with E-state index in [-0.39, 0.29) is 56.3 Å². The van der Waals surface area contributed by atoms with Crippen molar-refractivity contribution in [2.75, 3.05) is 19.7 Å². The number of thiophene rings is 1. The van der Waals surface area contributed by atoms with Crippen molar-refractivity contribution in [3.63, 3.8) is 0 Å². The van der Waals surface area contributed by atoms with Crippen molar-refractivity contribution in [3.8, 4) is 21.2 Å². The maximum Gasteiger partial charge on any atom is 0.272 e. The zero-order valence-electron chi connectivity index (χ0n) is 40.5. The summed E-state index contributed by atoms with van der Waals surface area (Å²) in [7, 11) is 0. The number of carbonyl (C=O) groups excluding carboxylic acids is 4. The van der Waals surface area contributed by atoms with Crippen molar-refractivity contribution < 1.29 is 29.0 Å². The number of ketones is 1. The first kappa shape index (κ1) is 49.4. The molecular weight excluding hydrogens is 960 g/mol. The fraction of sp³-hybridized carbons (Fsp3) is 0.365. The van der Waals surface area contributed by atoms with Crippen LogP contribution in [-0.2, 0) is 20.8 Å². The molecule has 1 saturated heterocycles. The molecule has 0 saturated carbocycles. The summed E-state index contributed by atoms with van der Waals surface area (Å²) in [4.78, 5) is 73.1. The number of β-amino-alcohol motifs (C(OH)–C–C–N with tert-alkyl or cyclic N) is 1. The second-order valence-electron chi connectivity index (χ2n) is 19.2. The molecule has 7 heterocycles. The highest BCUT2D eigenvalue weighted by molar-refractivity contribution is 7.15. The maximum atomic E-state index is 14.3. The number of imidazole rings is 1. The molecule has 2 aliphatic rings. The van der Waals surface area contributed by atoms with Crippen LogP contribution in [0.5, 0.6) is 5.75 Å². The Hall–Kier alpha value is -6.60. The van der Waals surface area contributed by atoms with Gasteiger partial charge in [0.2, 0.25) is 11.8 Å². The normalized spacial score (nSPS) is 17.1. The van der Waals surface area contributed by atoms with E-state index in [0.29, 0.717) is 34.5 Å². The van der Waals surface area contributed by atoms with Gasteiger partial charge in [-0.15, -0.1) is 32.9 Å². The number of thiazole rings is 1. The van der Waals surface area contributed by atoms with E-state index in [2.05, 4.69) is 44.6 Å². The number of likely N-dealkylation sites (tertiary alicyclic amines) is 1. The lowest BCUT2D eigenvalue weighted by Crippen LogP contribution is -2.56. The summed E-state index contributed by atoms with van der Waals surface area (Å²) in [6.07, 6.45) is 3.20. The number of hydrogen-bond donors (Lipinski definition) is 3. The molecular formula is C52H55ClN10O6S2. The van der Waals surface area contributed by atoms with E-state index < -0.39 is 41.5 Å². The van der Waals surface area contributed by atoms with Crippen molar-refractivity contribution >= 4 is 69.1 Å². The Labute approximate surface area is 424 Å². The predicted octanol–water partition coefficient (Wildman–Crippen LogP) is 7.77. The largest absolute Gasteiger partial charge is 0.490 e. The quantitative estimate of drug-likeness (QED) is 0.0853. The first-order valence-electron chi connectivity index (χ1n) is 23.5. The summed E-state index contributed by atoms with van der Waals surface area (Å²) >= 11 is 9.49. The molecule has 3 N–H and O–H groups in total. The smallest absolute Gasteiger partial charge is 0.272 e. The number of aromatic nitrogens is 6. The van der Waals surface area contributed by atoms with E-state index in [0.717, 1.165) is 54.0 Å². The second-order valence-corrected chi connectivity index (χ2v) is 21.7. The molecule has 0 spiro atoms. The van der Waals surface area contributed by atoms with Gasteiger partial charge in [-0.3, -0.25) is 28.7 Å². The Morgan fingerprint density at radius 3 is 2.42 bits per heavy atom. The van der Waals surface area contributed by atoms with Crippen LogP contribution in [0.4, 0.5) is 0 Å². The van der Waals surface area contributed by atoms with Crippen molar-refractivity contribution in [2.45, 2.75) is 98.4 Å². The number of benzene rings is 2. The minimum atomic E-state index is -1.03. The van der Waals surface area contributed by atoms with Crippen LogP contribution in [0.1, 0.15) is 101 Å². The van der Waals surface area contributed by atoms with Crippen LogP contribution in [-0.4, -0.2) is 106 Å². The van der Waals surface area contributed by atoms with Crippen LogP contribution in [0.2, 0.25) is 5.02 Å². The van der Waals surface area contributed by atoms with Gasteiger partial charge < -0.3 is 29.8 Å². The van der Waals surface area contributed by atoms with Crippen molar-refractivity contribution in [3.05, 3.63) is 134 Å². The first-order chi connectivity index (χ1) is 33.9. The minimum absolute atomic E-state index is 0.0118. The third-order valence-corrected chi connectivity index (χ3v) is 15.5. The number of nitrogens with one attached hydrogen (secondary N) is 2. The van der Waals surface area contributed by atoms with E-state index in [9.17, 15) is 24.3 Å². The van der Waals surface area contributed by atoms with Crippen molar-refractivity contribution in [1.29, 1.82) is 0 Å². The molecule has 3 amide bonds. The van der Waals surface area contributed by atoms with Gasteiger partial charge >= 0.3 is 0 Å². The lowest BCUT2D eigenvalue weighted by atomic mass is 9.85. The Morgan fingerprint density at radius 2 is 1.70 bits per heavy atom. The molecule has 0 unspecified atom stereocenters. The summed E-state index contributed by atoms with van der Waals surface area (Å²) in [5.41, 5.74) is 8.38. The molecule has 368 valence electrons. The fourth-order valence-electron chi connectivity index (χ4n) is 9.12. The van der Waals surface area contributed by atoms with Gasteiger partial charge in [0.25, 0.3) is 5.91 Å². The number of aliphatic hydroxyl groups is 1. The summed E-state index contributed by atoms with van der Waals surface area (Å²) in [5, 5.41) is 27.0. The zero-order valence-corrected chi connectivity index (χ0v) is 42.9. The highest BCUT2D eigenvalue weighted by Crippen LogP contribution is 2.40. The van der Waals surface area contributed by atoms with Crippen LogP contribution in [0.25, 0.3) is 21.1 Å². The maximum absolute atomic E-state index is 14.3. The highest BCUT2D eigenvalue weighted by atomic mass is 35.5. The Kier molecular flexibility index (Phi) is 14.1. The number of aliphatic hydroxyl groups excluding tert-OH is 1. The van der Waals surface area contributed by atoms with Crippen LogP contribution < -0.4 is 15.4 Å². The molecule has 2 aliphatic heterocycles. The molecule has 4 atom stereocenters. The molecule has 0 radical (unpaired) electrons. The fourth-order valence-corrected chi connectivity index (χ4v) is 11.3. The number of aliphatic imine (C=N–C) groups is 1. The SMILES string of the molecule is Cc1ncsc1-c1ccc(CCC(=O)[C@@H]2C[C@@H](O)CN2C(=O)[C@@H](NC(=O)c2cn3cc(OCCNC(=O)C[C@@H]4N=C(c5ccc(Cl)cc5)c5c(sc(C)c5C)-n5c(C)nnc54)ccc3n2)C(C)(C)C)cc1. The van der Waals surface area contributed by atoms with E-state index in [4.69, 9.17) is 21.3 Å². The van der Waals surface area contributed by atoms with E-state index in [1.54, 1.807) is 51.6 Å². The summed E-state index contributed by atoms with van der Waals surface area (Å²) in [6.45, 7) is 13.9. The molecule has 19 heteroatoms. The number of Topliss-reactive ketones (excluding diaryl/α,β-unsaturated/α-hetero) is 1. The van der Waals surface area contributed by atoms with Gasteiger partial charge in [0.15, 0.2) is 11.6 Å². The van der Waals surface area contributed by atoms with Crippen LogP contribution in [0.15, 0.2) is 83.6 Å². The zero-order chi connectivity index (χ0) is 50.3. The number of nitrogens with zero attached hydrogens (tertiary/aromatic N) is 8. The topological polar surface area (TPSA) is 198 Å². The number of aryl methyl sites for hydroxylation is 4. The Morgan fingerprint density at radius 1 is 0.958 bits per heavy atom. The lowest BCUT2D eigenvalue weighted by Gasteiger charge is -2.35. The van der Waals surface area contributed by atoms with E-state index in [1.807, 2.05) is 93.2 Å². The molecule has 16 nitrogen and oxygen atoms in total. The number of ether oxygens (including phenoxy) is 1. The Bertz CT molecular complexity index is 3190. The third-order valence-electron chi connectivity index (χ3n) is 13.0. The van der Waals surface area contributed by atoms with E-state index >= 15 is 0 Å². The van der Waals surface area contributed by atoms with Crippen LogP contribution in [0.3, 0.4) is 0 Å². The molecule has 1 fully saturated rings. The van der Waals surface area contributed by atoms with Crippen molar-refractivity contribution in [2.24, 2.45) is 10.4 Å². The van der Waals surface area contributed by atoms with Gasteiger partial charge in [-0.05, 0) is 80.5 Å². The molecule has 0 aliphatic carbocycles. The standard InChI is InChI=1S/C52H55ClN10O6S2/c1-28-30(3)71-51-44(28)45(33-13-15-35(53)16-14-33)57-38(48-60-59-31(4)63(48)51)23-43(66)54-20-21-69-37-17-19-42-56-39(26-61(42)25-37)49(67)58-47(52(5,6)7)50(68)62-24-36(64)22-40(62)41(65)18-10-32-8-11-34(12-9-32)46-29(2)55-27-70-46/h8-9,11-17,19,25-27,36,38,40,47,64H,10,18,20-24H2,1-7H3,(H,54,66)(H,58,67)/t36-,38+,40+,47-/m1/s1. The third kappa shape index (κ3) is 10.4. The minimum Gasteiger partial charge on any atom is -0.490 e. The van der Waals surface area contributed by atoms with Gasteiger partial charge in [-0.2, -0.15) is 0 Å². The first-order valence-corrected chi connectivity index (χ1v) is 25.6. The molecule has 9 rings (SSSR count). The van der Waals surface area contributed by atoms with Crippen molar-refractivity contribution in [1.82, 2.24) is 44.7 Å². The number of halogens is 1. The van der Waals surface area contributed by atoms with Crippen LogP contribution in [0, 0.1) is 33.1 Å². The molecule has 0 bridgehead atoms. The predicted molar refractivity (Wildman–Crippen MR) is 274 cm³/mol. The number of rotatable bonds is 15. The molecule has 5 aromatic heterocycles. The summed E-state index contributed by atoms with van der Waals surface area (Å²) in [5.74, 6) is 0.374. The lowest BCUT2D eigenvalue weighted by molar-refractivity contribution is -0.141. The van der Waals surface area contributed by atoms with Crippen LogP contribution >= 0.6 is 34.3 Å². The van der Waals surface area contributed by atoms with Gasteiger partial charge in [-0.25, -0.2) is 9.97 Å². The van der Waals surface area contributed by atoms with Gasteiger partial charge in [0.1, 0.15) is 46.6 Å². The molecule has 71 heavy (non-hydrogen) atoms. The number of fused-ring (bicyclic) bond motifs is 4. The summed E-state index contributed by atoms with van der Waals surface area (Å²) < 4.78 is 9.68. The van der Waals surface area contributed by atoms with Gasteiger partial charge in [0, 0.05) is 46.6 Å². The average molecular weight is 1020 g/mol. The average Bonchev–Trinajstić information content (AvgIpc) is 4.18. The number of amides is 3. The molecule has 7 aromatic rings. The second kappa shape index (κ2) is 20.3. The van der Waals surface area contributed by atoms with Gasteiger partial charge in [-0.1, -0.05) is 68.8 Å². The van der Waals surface area contributed by atoms with Gasteiger partial charge in [0.05, 0.1) is 53.1 Å². The number of carbonyl (C=O) groups is 4. The summed E-state index contributed by atoms with van der Waals surface area (Å²) in [6, 6.07) is 16.5. The number of hydrogen-bond acceptors (Lipinski definition) is 13. The molecule has 2 aromatic carbocycles.